The summed E-state index contributed by atoms with van der Waals surface area (Å²) in [5.74, 6) is -0.0539. The summed E-state index contributed by atoms with van der Waals surface area (Å²) in [5, 5.41) is 11.8. The number of rotatable bonds is 8. The molecule has 1 amide bonds. The van der Waals surface area contributed by atoms with E-state index in [-0.39, 0.29) is 29.5 Å². The second-order valence-electron chi connectivity index (χ2n) is 7.95. The molecule has 3 aromatic rings. The van der Waals surface area contributed by atoms with E-state index in [2.05, 4.69) is 9.88 Å². The van der Waals surface area contributed by atoms with Gasteiger partial charge in [0.25, 0.3) is 5.69 Å². The molecule has 0 spiro atoms. The highest BCUT2D eigenvalue weighted by molar-refractivity contribution is 7.90. The maximum atomic E-state index is 12.6. The Morgan fingerprint density at radius 2 is 1.82 bits per heavy atom. The molecule has 2 heterocycles. The second-order valence-corrected chi connectivity index (χ2v) is 11.1. The van der Waals surface area contributed by atoms with Crippen molar-refractivity contribution < 1.29 is 18.1 Å². The number of carbonyl (C=O) groups excluding carboxylic acids is 1. The molecular formula is C22H24N4O5S2. The highest BCUT2D eigenvalue weighted by Gasteiger charge is 2.24. The van der Waals surface area contributed by atoms with E-state index in [4.69, 9.17) is 0 Å². The van der Waals surface area contributed by atoms with Gasteiger partial charge in [-0.3, -0.25) is 14.9 Å². The van der Waals surface area contributed by atoms with Gasteiger partial charge in [0, 0.05) is 44.7 Å². The Kier molecular flexibility index (Phi) is 6.89. The van der Waals surface area contributed by atoms with Crippen LogP contribution < -0.4 is 4.90 Å². The van der Waals surface area contributed by atoms with Crippen molar-refractivity contribution >= 4 is 48.1 Å². The lowest BCUT2D eigenvalue weighted by Crippen LogP contribution is -2.48. The minimum absolute atomic E-state index is 0.00791. The topological polar surface area (TPSA) is 114 Å². The van der Waals surface area contributed by atoms with Crippen LogP contribution in [0.15, 0.2) is 48.5 Å². The summed E-state index contributed by atoms with van der Waals surface area (Å²) < 4.78 is 25.4. The van der Waals surface area contributed by atoms with Gasteiger partial charge < -0.3 is 9.80 Å². The number of hydrogen-bond donors (Lipinski definition) is 0. The van der Waals surface area contributed by atoms with Crippen LogP contribution in [0.25, 0.3) is 10.2 Å². The number of aromatic nitrogens is 1. The minimum atomic E-state index is -3.26. The van der Waals surface area contributed by atoms with E-state index in [1.807, 2.05) is 18.2 Å². The first-order valence-corrected chi connectivity index (χ1v) is 13.3. The number of fused-ring (bicyclic) bond motifs is 1. The van der Waals surface area contributed by atoms with E-state index in [1.165, 1.54) is 23.5 Å². The van der Waals surface area contributed by atoms with E-state index in [9.17, 15) is 23.3 Å². The van der Waals surface area contributed by atoms with Gasteiger partial charge in [-0.2, -0.15) is 0 Å². The van der Waals surface area contributed by atoms with Crippen molar-refractivity contribution in [2.45, 2.75) is 18.6 Å². The summed E-state index contributed by atoms with van der Waals surface area (Å²) in [4.78, 5) is 31.5. The number of anilines is 1. The molecule has 1 aliphatic rings. The third kappa shape index (κ3) is 5.85. The lowest BCUT2D eigenvalue weighted by Gasteiger charge is -2.34. The maximum absolute atomic E-state index is 12.6. The summed E-state index contributed by atoms with van der Waals surface area (Å²) in [5.41, 5.74) is 1.51. The zero-order valence-electron chi connectivity index (χ0n) is 17.9. The van der Waals surface area contributed by atoms with Gasteiger partial charge in [0.05, 0.1) is 26.6 Å². The third-order valence-electron chi connectivity index (χ3n) is 5.55. The summed E-state index contributed by atoms with van der Waals surface area (Å²) in [6.07, 6.45) is 0.518. The number of non-ortho nitro benzene ring substituents is 1. The number of nitro groups is 1. The fraction of sp³-hybridized carbons (Fsp3) is 0.364. The number of hydrogen-bond acceptors (Lipinski definition) is 8. The van der Waals surface area contributed by atoms with Crippen LogP contribution in [0.2, 0.25) is 0 Å². The van der Waals surface area contributed by atoms with Crippen molar-refractivity contribution in [3.8, 4) is 0 Å². The molecule has 4 rings (SSSR count). The van der Waals surface area contributed by atoms with Gasteiger partial charge in [0.2, 0.25) is 5.91 Å². The minimum Gasteiger partial charge on any atom is -0.345 e. The number of thiazole rings is 1. The van der Waals surface area contributed by atoms with Gasteiger partial charge in [-0.1, -0.05) is 41.7 Å². The third-order valence-corrected chi connectivity index (χ3v) is 8.31. The predicted octanol–water partition coefficient (Wildman–Crippen LogP) is 3.25. The van der Waals surface area contributed by atoms with E-state index in [1.54, 1.807) is 23.1 Å². The Bertz CT molecular complexity index is 1250. The molecule has 11 heteroatoms. The zero-order chi connectivity index (χ0) is 23.4. The number of piperazine rings is 1. The van der Waals surface area contributed by atoms with Crippen LogP contribution in [0.4, 0.5) is 10.8 Å². The summed E-state index contributed by atoms with van der Waals surface area (Å²) >= 11 is 1.40. The molecule has 1 aromatic heterocycles. The monoisotopic (exact) mass is 488 g/mol. The lowest BCUT2D eigenvalue weighted by molar-refractivity contribution is -0.384. The zero-order valence-corrected chi connectivity index (χ0v) is 19.6. The molecule has 2 aromatic carbocycles. The quantitative estimate of drug-likeness (QED) is 0.353. The van der Waals surface area contributed by atoms with Crippen LogP contribution in [0.5, 0.6) is 0 Å². The van der Waals surface area contributed by atoms with Crippen molar-refractivity contribution in [2.75, 3.05) is 36.8 Å². The molecule has 33 heavy (non-hydrogen) atoms. The van der Waals surface area contributed by atoms with Gasteiger partial charge in [0.1, 0.15) is 0 Å². The van der Waals surface area contributed by atoms with Crippen LogP contribution in [0, 0.1) is 10.1 Å². The highest BCUT2D eigenvalue weighted by atomic mass is 32.2. The van der Waals surface area contributed by atoms with E-state index >= 15 is 0 Å². The average Bonchev–Trinajstić information content (AvgIpc) is 3.23. The molecule has 0 bridgehead atoms. The molecule has 0 aliphatic carbocycles. The first-order chi connectivity index (χ1) is 15.8. The standard InChI is InChI=1S/C22H24N4O5S2/c27-21(7-4-14-33(30,31)16-17-5-2-1-3-6-17)24-10-12-25(13-11-24)22-23-19-9-8-18(26(28)29)15-20(19)32-22/h1-3,5-6,8-9,15H,4,7,10-14,16H2. The Hall–Kier alpha value is -3.05. The van der Waals surface area contributed by atoms with Crippen molar-refractivity contribution in [3.63, 3.8) is 0 Å². The van der Waals surface area contributed by atoms with Crippen molar-refractivity contribution in [2.24, 2.45) is 0 Å². The Morgan fingerprint density at radius 3 is 2.52 bits per heavy atom. The van der Waals surface area contributed by atoms with Gasteiger partial charge in [-0.05, 0) is 18.1 Å². The molecule has 0 saturated carbocycles. The molecule has 0 atom stereocenters. The SMILES string of the molecule is O=C(CCCS(=O)(=O)Cc1ccccc1)N1CCN(c2nc3ccc([N+](=O)[O-])cc3s2)CC1. The first kappa shape index (κ1) is 23.1. The number of nitro benzene ring substituents is 1. The summed E-state index contributed by atoms with van der Waals surface area (Å²) in [6, 6.07) is 13.7. The number of amides is 1. The maximum Gasteiger partial charge on any atom is 0.270 e. The first-order valence-electron chi connectivity index (χ1n) is 10.6. The smallest absolute Gasteiger partial charge is 0.270 e. The van der Waals surface area contributed by atoms with E-state index < -0.39 is 14.8 Å². The van der Waals surface area contributed by atoms with Crippen molar-refractivity contribution in [1.29, 1.82) is 0 Å². The van der Waals surface area contributed by atoms with Crippen LogP contribution in [0.3, 0.4) is 0 Å². The summed E-state index contributed by atoms with van der Waals surface area (Å²) in [6.45, 7) is 2.29. The molecule has 1 aliphatic heterocycles. The van der Waals surface area contributed by atoms with Gasteiger partial charge in [0.15, 0.2) is 15.0 Å². The van der Waals surface area contributed by atoms with Crippen molar-refractivity contribution in [1.82, 2.24) is 9.88 Å². The van der Waals surface area contributed by atoms with E-state index in [0.29, 0.717) is 32.6 Å². The predicted molar refractivity (Wildman–Crippen MR) is 128 cm³/mol. The fourth-order valence-corrected chi connectivity index (χ4v) is 6.28. The number of nitrogens with zero attached hydrogens (tertiary/aromatic N) is 4. The Labute approximate surface area is 195 Å². The van der Waals surface area contributed by atoms with E-state index in [0.717, 1.165) is 20.9 Å². The molecule has 174 valence electrons. The number of sulfone groups is 1. The van der Waals surface area contributed by atoms with Gasteiger partial charge >= 0.3 is 0 Å². The van der Waals surface area contributed by atoms with Gasteiger partial charge in [-0.15, -0.1) is 0 Å². The van der Waals surface area contributed by atoms with Crippen molar-refractivity contribution in [3.05, 3.63) is 64.2 Å². The Balaban J connectivity index is 1.26. The second kappa shape index (κ2) is 9.84. The Morgan fingerprint density at radius 1 is 1.09 bits per heavy atom. The largest absolute Gasteiger partial charge is 0.345 e. The number of carbonyl (C=O) groups is 1. The van der Waals surface area contributed by atoms with Crippen LogP contribution in [-0.4, -0.2) is 61.1 Å². The molecule has 1 saturated heterocycles. The fourth-order valence-electron chi connectivity index (χ4n) is 3.80. The highest BCUT2D eigenvalue weighted by Crippen LogP contribution is 2.31. The van der Waals surface area contributed by atoms with Crippen LogP contribution in [0.1, 0.15) is 18.4 Å². The summed E-state index contributed by atoms with van der Waals surface area (Å²) in [7, 11) is -3.26. The number of benzene rings is 2. The molecule has 0 unspecified atom stereocenters. The van der Waals surface area contributed by atoms with Crippen LogP contribution in [-0.2, 0) is 20.4 Å². The molecule has 0 N–H and O–H groups in total. The lowest BCUT2D eigenvalue weighted by atomic mass is 10.2. The normalized spacial score (nSPS) is 14.5. The molecule has 9 nitrogen and oxygen atoms in total. The van der Waals surface area contributed by atoms with Crippen LogP contribution >= 0.6 is 11.3 Å². The molecule has 1 fully saturated rings. The average molecular weight is 489 g/mol. The molecule has 0 radical (unpaired) electrons. The molecular weight excluding hydrogens is 464 g/mol. The van der Waals surface area contributed by atoms with Gasteiger partial charge in [-0.25, -0.2) is 13.4 Å².